The highest BCUT2D eigenvalue weighted by Gasteiger charge is 2.48. The number of amides is 4. The predicted octanol–water partition coefficient (Wildman–Crippen LogP) is 0.765. The van der Waals surface area contributed by atoms with Crippen LogP contribution < -0.4 is 0 Å². The van der Waals surface area contributed by atoms with Crippen molar-refractivity contribution in [3.05, 3.63) is 60.2 Å². The molecule has 0 N–H and O–H groups in total. The van der Waals surface area contributed by atoms with Crippen molar-refractivity contribution in [2.45, 2.75) is 12.6 Å². The smallest absolute Gasteiger partial charge is 0.327 e. The van der Waals surface area contributed by atoms with Crippen molar-refractivity contribution in [2.75, 3.05) is 19.6 Å². The lowest BCUT2D eigenvalue weighted by Crippen LogP contribution is -2.54. The summed E-state index contributed by atoms with van der Waals surface area (Å²) in [6.45, 7) is 1.10. The van der Waals surface area contributed by atoms with Gasteiger partial charge in [0.25, 0.3) is 11.8 Å². The van der Waals surface area contributed by atoms with Crippen molar-refractivity contribution in [2.24, 2.45) is 0 Å². The SMILES string of the molecule is O=C(c1cnccn1)N1CCN2C(=O)N(Cc3ccccc3)C(=O)[C@H]2C1. The van der Waals surface area contributed by atoms with Crippen molar-refractivity contribution < 1.29 is 14.4 Å². The number of rotatable bonds is 3. The van der Waals surface area contributed by atoms with Gasteiger partial charge in [-0.2, -0.15) is 0 Å². The Morgan fingerprint density at radius 2 is 1.92 bits per heavy atom. The predicted molar refractivity (Wildman–Crippen MR) is 90.8 cm³/mol. The third-order valence-corrected chi connectivity index (χ3v) is 4.66. The van der Waals surface area contributed by atoms with E-state index >= 15 is 0 Å². The molecule has 0 spiro atoms. The van der Waals surface area contributed by atoms with Gasteiger partial charge in [0.2, 0.25) is 0 Å². The van der Waals surface area contributed by atoms with Gasteiger partial charge in [-0.3, -0.25) is 19.5 Å². The van der Waals surface area contributed by atoms with Gasteiger partial charge < -0.3 is 9.80 Å². The van der Waals surface area contributed by atoms with Crippen LogP contribution >= 0.6 is 0 Å². The van der Waals surface area contributed by atoms with E-state index in [1.165, 1.54) is 23.5 Å². The summed E-state index contributed by atoms with van der Waals surface area (Å²) in [7, 11) is 0. The second kappa shape index (κ2) is 6.55. The van der Waals surface area contributed by atoms with Gasteiger partial charge in [0.1, 0.15) is 11.7 Å². The molecule has 2 aliphatic rings. The lowest BCUT2D eigenvalue weighted by atomic mass is 10.1. The van der Waals surface area contributed by atoms with Crippen LogP contribution in [0.15, 0.2) is 48.9 Å². The first-order chi connectivity index (χ1) is 12.6. The largest absolute Gasteiger partial charge is 0.333 e. The third-order valence-electron chi connectivity index (χ3n) is 4.66. The highest BCUT2D eigenvalue weighted by molar-refractivity contribution is 6.05. The molecule has 0 aliphatic carbocycles. The number of hydrogen-bond donors (Lipinski definition) is 0. The van der Waals surface area contributed by atoms with E-state index in [1.807, 2.05) is 30.3 Å². The summed E-state index contributed by atoms with van der Waals surface area (Å²) < 4.78 is 0. The van der Waals surface area contributed by atoms with E-state index in [1.54, 1.807) is 9.80 Å². The fourth-order valence-electron chi connectivity index (χ4n) is 3.32. The number of nitrogens with zero attached hydrogens (tertiary/aromatic N) is 5. The quantitative estimate of drug-likeness (QED) is 0.762. The zero-order valence-electron chi connectivity index (χ0n) is 14.0. The molecule has 8 heteroatoms. The Morgan fingerprint density at radius 3 is 2.65 bits per heavy atom. The number of urea groups is 1. The van der Waals surface area contributed by atoms with Crippen LogP contribution in [0.25, 0.3) is 0 Å². The summed E-state index contributed by atoms with van der Waals surface area (Å²) in [5.41, 5.74) is 1.13. The number of imide groups is 1. The number of carbonyl (C=O) groups is 3. The summed E-state index contributed by atoms with van der Waals surface area (Å²) in [4.78, 5) is 50.2. The molecular weight excluding hydrogens is 334 g/mol. The van der Waals surface area contributed by atoms with E-state index < -0.39 is 6.04 Å². The van der Waals surface area contributed by atoms with Gasteiger partial charge in [0.05, 0.1) is 19.3 Å². The highest BCUT2D eigenvalue weighted by atomic mass is 16.2. The number of carbonyl (C=O) groups excluding carboxylic acids is 3. The minimum atomic E-state index is -0.638. The standard InChI is InChI=1S/C18H17N5O3/c24-16(14-10-19-6-7-20-14)21-8-9-22-15(12-21)17(25)23(18(22)26)11-13-4-2-1-3-5-13/h1-7,10,15H,8-9,11-12H2/t15-/m1/s1. The molecule has 1 aromatic carbocycles. The van der Waals surface area contributed by atoms with E-state index in [0.717, 1.165) is 5.56 Å². The lowest BCUT2D eigenvalue weighted by molar-refractivity contribution is -0.129. The van der Waals surface area contributed by atoms with Crippen LogP contribution in [0.4, 0.5) is 4.79 Å². The van der Waals surface area contributed by atoms with Crippen LogP contribution in [0.1, 0.15) is 16.1 Å². The normalized spacial score (nSPS) is 19.7. The maximum Gasteiger partial charge on any atom is 0.327 e. The van der Waals surface area contributed by atoms with Crippen LogP contribution in [0.5, 0.6) is 0 Å². The molecule has 2 fully saturated rings. The van der Waals surface area contributed by atoms with Gasteiger partial charge in [-0.25, -0.2) is 9.78 Å². The van der Waals surface area contributed by atoms with Crippen LogP contribution in [-0.4, -0.2) is 68.2 Å². The van der Waals surface area contributed by atoms with Crippen molar-refractivity contribution >= 4 is 17.8 Å². The van der Waals surface area contributed by atoms with Crippen molar-refractivity contribution in [1.82, 2.24) is 24.7 Å². The van der Waals surface area contributed by atoms with Crippen LogP contribution in [0.3, 0.4) is 0 Å². The first kappa shape index (κ1) is 16.2. The Labute approximate surface area is 150 Å². The molecule has 0 unspecified atom stereocenters. The van der Waals surface area contributed by atoms with Gasteiger partial charge in [0, 0.05) is 25.5 Å². The molecule has 4 rings (SSSR count). The molecule has 2 saturated heterocycles. The first-order valence-corrected chi connectivity index (χ1v) is 8.36. The number of benzene rings is 1. The maximum atomic E-state index is 12.8. The van der Waals surface area contributed by atoms with Crippen LogP contribution in [-0.2, 0) is 11.3 Å². The van der Waals surface area contributed by atoms with Crippen molar-refractivity contribution in [3.63, 3.8) is 0 Å². The van der Waals surface area contributed by atoms with Crippen molar-refractivity contribution in [1.29, 1.82) is 0 Å². The Hall–Kier alpha value is -3.29. The van der Waals surface area contributed by atoms with Gasteiger partial charge in [0.15, 0.2) is 0 Å². The Balaban J connectivity index is 1.50. The number of aromatic nitrogens is 2. The average Bonchev–Trinajstić information content (AvgIpc) is 2.93. The first-order valence-electron chi connectivity index (χ1n) is 8.36. The zero-order chi connectivity index (χ0) is 18.1. The monoisotopic (exact) mass is 351 g/mol. The van der Waals surface area contributed by atoms with E-state index in [-0.39, 0.29) is 36.6 Å². The molecule has 8 nitrogen and oxygen atoms in total. The summed E-state index contributed by atoms with van der Waals surface area (Å²) in [6, 6.07) is 8.44. The molecule has 3 heterocycles. The molecule has 1 atom stereocenters. The fourth-order valence-corrected chi connectivity index (χ4v) is 3.32. The third kappa shape index (κ3) is 2.79. The van der Waals surface area contributed by atoms with Gasteiger partial charge in [-0.1, -0.05) is 30.3 Å². The Kier molecular flexibility index (Phi) is 4.08. The summed E-state index contributed by atoms with van der Waals surface area (Å²) in [6.07, 6.45) is 4.35. The molecule has 2 aliphatic heterocycles. The molecule has 1 aromatic heterocycles. The Bertz CT molecular complexity index is 842. The topological polar surface area (TPSA) is 86.7 Å². The van der Waals surface area contributed by atoms with Crippen molar-refractivity contribution in [3.8, 4) is 0 Å². The van der Waals surface area contributed by atoms with E-state index in [0.29, 0.717) is 13.1 Å². The summed E-state index contributed by atoms with van der Waals surface area (Å²) >= 11 is 0. The number of fused-ring (bicyclic) bond motifs is 1. The second-order valence-electron chi connectivity index (χ2n) is 6.24. The van der Waals surface area contributed by atoms with E-state index in [2.05, 4.69) is 9.97 Å². The van der Waals surface area contributed by atoms with Crippen LogP contribution in [0.2, 0.25) is 0 Å². The van der Waals surface area contributed by atoms with E-state index in [9.17, 15) is 14.4 Å². The second-order valence-corrected chi connectivity index (χ2v) is 6.24. The molecule has 2 aromatic rings. The van der Waals surface area contributed by atoms with E-state index in [4.69, 9.17) is 0 Å². The molecule has 132 valence electrons. The fraction of sp³-hybridized carbons (Fsp3) is 0.278. The zero-order valence-corrected chi connectivity index (χ0v) is 14.0. The molecule has 26 heavy (non-hydrogen) atoms. The minimum absolute atomic E-state index is 0.172. The highest BCUT2D eigenvalue weighted by Crippen LogP contribution is 2.24. The van der Waals surface area contributed by atoms with Gasteiger partial charge >= 0.3 is 6.03 Å². The molecular formula is C18H17N5O3. The molecule has 4 amide bonds. The van der Waals surface area contributed by atoms with Gasteiger partial charge in [-0.05, 0) is 5.56 Å². The average molecular weight is 351 g/mol. The Morgan fingerprint density at radius 1 is 1.12 bits per heavy atom. The van der Waals surface area contributed by atoms with Gasteiger partial charge in [-0.15, -0.1) is 0 Å². The number of piperazine rings is 1. The lowest BCUT2D eigenvalue weighted by Gasteiger charge is -2.35. The summed E-state index contributed by atoms with van der Waals surface area (Å²) in [5.74, 6) is -0.546. The molecule has 0 saturated carbocycles. The number of hydrogen-bond acceptors (Lipinski definition) is 5. The molecule has 0 radical (unpaired) electrons. The van der Waals surface area contributed by atoms with Crippen LogP contribution in [0, 0.1) is 0 Å². The minimum Gasteiger partial charge on any atom is -0.333 e. The summed E-state index contributed by atoms with van der Waals surface area (Å²) in [5, 5.41) is 0. The molecule has 0 bridgehead atoms. The maximum absolute atomic E-state index is 12.8.